The quantitative estimate of drug-likeness (QED) is 0.0211. The van der Waals surface area contributed by atoms with E-state index in [0.29, 0.717) is 23.9 Å². The molecule has 0 amide bonds. The van der Waals surface area contributed by atoms with Crippen LogP contribution in [0.3, 0.4) is 0 Å². The Labute approximate surface area is 597 Å². The zero-order valence-electron chi connectivity index (χ0n) is 64.4. The van der Waals surface area contributed by atoms with Gasteiger partial charge >= 0.3 is 19.8 Å². The Bertz CT molecular complexity index is 1850. The molecule has 0 spiro atoms. The van der Waals surface area contributed by atoms with Gasteiger partial charge in [-0.3, -0.25) is 18.6 Å². The molecule has 2 atom stereocenters. The Morgan fingerprint density at radius 1 is 0.333 bits per heavy atom. The molecule has 10 heteroatoms. The predicted octanol–water partition coefficient (Wildman–Crippen LogP) is 27.8. The predicted molar refractivity (Wildman–Crippen MR) is 418 cm³/mol. The molecule has 0 aromatic rings. The number of carbonyl (C=O) groups excluding carboxylic acids is 2. The van der Waals surface area contributed by atoms with Crippen LogP contribution in [-0.4, -0.2) is 74.9 Å². The lowest BCUT2D eigenvalue weighted by atomic mass is 10.0. The van der Waals surface area contributed by atoms with Crippen LogP contribution in [0.5, 0.6) is 0 Å². The van der Waals surface area contributed by atoms with Crippen molar-refractivity contribution in [2.45, 2.75) is 418 Å². The van der Waals surface area contributed by atoms with E-state index in [0.717, 1.165) is 70.6 Å². The van der Waals surface area contributed by atoms with Gasteiger partial charge in [0.2, 0.25) is 0 Å². The average Bonchev–Trinajstić information content (AvgIpc) is 2.54. The summed E-state index contributed by atoms with van der Waals surface area (Å²) >= 11 is 0. The van der Waals surface area contributed by atoms with E-state index in [-0.39, 0.29) is 25.6 Å². The lowest BCUT2D eigenvalue weighted by Gasteiger charge is -2.24. The summed E-state index contributed by atoms with van der Waals surface area (Å²) in [5.41, 5.74) is 0. The first-order valence-corrected chi connectivity index (χ1v) is 43.2. The van der Waals surface area contributed by atoms with E-state index in [1.165, 1.54) is 308 Å². The molecule has 0 aliphatic heterocycles. The standard InChI is InChI=1S/C86H160NO8P/c1-6-8-10-12-14-16-18-20-22-24-26-28-30-32-34-36-38-39-40-41-42-43-44-45-46-47-49-51-53-55-57-59-61-63-65-67-69-71-73-75-77-79-86(89)95-84(83-94-96(90,91)93-81-80-87(3,4)5)82-92-85(88)78-76-74-72-70-68-66-64-62-60-58-56-54-52-50-48-37-35-33-31-29-27-25-23-21-19-17-15-13-11-9-7-2/h8,10,14,16,20,22,26,28,32,34,38-39,84H,6-7,9,11-13,15,17-19,21,23-25,27,29-31,33,35-37,40-83H2,1-5H3/p+1/b10-8-,16-14-,22-20-,28-26-,34-32-,39-38-. The van der Waals surface area contributed by atoms with Crippen LogP contribution in [0.15, 0.2) is 72.9 Å². The lowest BCUT2D eigenvalue weighted by molar-refractivity contribution is -0.870. The normalized spacial score (nSPS) is 13.4. The Hall–Kier alpha value is -2.55. The number of hydrogen-bond donors (Lipinski definition) is 1. The molecule has 0 aliphatic rings. The van der Waals surface area contributed by atoms with Crippen LogP contribution in [0, 0.1) is 0 Å². The van der Waals surface area contributed by atoms with Crippen molar-refractivity contribution >= 4 is 19.8 Å². The third kappa shape index (κ3) is 80.4. The highest BCUT2D eigenvalue weighted by Crippen LogP contribution is 2.43. The average molecular weight is 1370 g/mol. The fourth-order valence-electron chi connectivity index (χ4n) is 12.4. The van der Waals surface area contributed by atoms with E-state index in [2.05, 4.69) is 86.8 Å². The van der Waals surface area contributed by atoms with Crippen LogP contribution < -0.4 is 0 Å². The number of quaternary nitrogens is 1. The second-order valence-corrected chi connectivity index (χ2v) is 30.9. The molecular formula is C86H161NO8P+. The summed E-state index contributed by atoms with van der Waals surface area (Å²) in [6.45, 7) is 4.40. The van der Waals surface area contributed by atoms with Crippen molar-refractivity contribution < 1.29 is 42.1 Å². The summed E-state index contributed by atoms with van der Waals surface area (Å²) in [6.07, 6.45) is 105. The Morgan fingerprint density at radius 2 is 0.594 bits per heavy atom. The highest BCUT2D eigenvalue weighted by molar-refractivity contribution is 7.47. The van der Waals surface area contributed by atoms with E-state index in [9.17, 15) is 19.0 Å². The lowest BCUT2D eigenvalue weighted by Crippen LogP contribution is -2.37. The van der Waals surface area contributed by atoms with Gasteiger partial charge in [-0.05, 0) is 64.2 Å². The number of nitrogens with zero attached hydrogens (tertiary/aromatic N) is 1. The maximum absolute atomic E-state index is 12.9. The fraction of sp³-hybridized carbons (Fsp3) is 0.837. The minimum absolute atomic E-state index is 0.0342. The number of likely N-dealkylation sites (N-methyl/N-ethyl adjacent to an activating group) is 1. The molecule has 1 N–H and O–H groups in total. The largest absolute Gasteiger partial charge is 0.472 e. The van der Waals surface area contributed by atoms with Crippen LogP contribution in [0.25, 0.3) is 0 Å². The molecule has 2 unspecified atom stereocenters. The first kappa shape index (κ1) is 93.5. The molecule has 0 rings (SSSR count). The topological polar surface area (TPSA) is 108 Å². The molecule has 0 aliphatic carbocycles. The first-order chi connectivity index (χ1) is 47.0. The number of phosphoric acid groups is 1. The van der Waals surface area contributed by atoms with Gasteiger partial charge in [0.1, 0.15) is 19.8 Å². The third-order valence-electron chi connectivity index (χ3n) is 18.8. The van der Waals surface area contributed by atoms with Crippen LogP contribution in [-0.2, 0) is 32.7 Å². The summed E-state index contributed by atoms with van der Waals surface area (Å²) in [5.74, 6) is -0.772. The Kier molecular flexibility index (Phi) is 74.6. The first-order valence-electron chi connectivity index (χ1n) is 41.7. The van der Waals surface area contributed by atoms with Crippen LogP contribution in [0.4, 0.5) is 0 Å². The van der Waals surface area contributed by atoms with Crippen molar-refractivity contribution in [1.29, 1.82) is 0 Å². The van der Waals surface area contributed by atoms with E-state index >= 15 is 0 Å². The molecule has 9 nitrogen and oxygen atoms in total. The van der Waals surface area contributed by atoms with Gasteiger partial charge in [0.25, 0.3) is 0 Å². The molecule has 0 saturated carbocycles. The van der Waals surface area contributed by atoms with Crippen molar-refractivity contribution in [2.24, 2.45) is 0 Å². The monoisotopic (exact) mass is 1370 g/mol. The van der Waals surface area contributed by atoms with E-state index in [1.807, 2.05) is 21.1 Å². The summed E-state index contributed by atoms with van der Waals surface area (Å²) in [6, 6.07) is 0. The van der Waals surface area contributed by atoms with Crippen molar-refractivity contribution in [3.63, 3.8) is 0 Å². The van der Waals surface area contributed by atoms with Crippen LogP contribution >= 0.6 is 7.82 Å². The summed E-state index contributed by atoms with van der Waals surface area (Å²) in [4.78, 5) is 36.0. The molecule has 0 aromatic heterocycles. The number of allylic oxidation sites excluding steroid dienone is 12. The van der Waals surface area contributed by atoms with Gasteiger partial charge in [-0.1, -0.05) is 408 Å². The SMILES string of the molecule is CC/C=C\C/C=C\C/C=C\C/C=C\C/C=C\C/C=C\CCCCCCCCCCCCCCCCCCCCCCCCC(=O)OC(COC(=O)CCCCCCCCCCCCCCCCCCCCCCCCCCCCCCCCC)COP(=O)(O)OCC[N+](C)(C)C. The molecule has 562 valence electrons. The zero-order valence-corrected chi connectivity index (χ0v) is 65.3. The second-order valence-electron chi connectivity index (χ2n) is 29.5. The number of phosphoric ester groups is 1. The molecule has 0 saturated heterocycles. The number of carbonyl (C=O) groups is 2. The Morgan fingerprint density at radius 3 is 0.885 bits per heavy atom. The van der Waals surface area contributed by atoms with Gasteiger partial charge < -0.3 is 18.9 Å². The van der Waals surface area contributed by atoms with E-state index in [4.69, 9.17) is 18.5 Å². The van der Waals surface area contributed by atoms with Gasteiger partial charge in [0.15, 0.2) is 6.10 Å². The van der Waals surface area contributed by atoms with Crippen molar-refractivity contribution in [1.82, 2.24) is 0 Å². The number of rotatable bonds is 78. The maximum atomic E-state index is 12.9. The molecule has 0 radical (unpaired) electrons. The highest BCUT2D eigenvalue weighted by atomic mass is 31.2. The molecular weight excluding hydrogens is 1210 g/mol. The van der Waals surface area contributed by atoms with Gasteiger partial charge in [-0.25, -0.2) is 4.57 Å². The number of unbranched alkanes of at least 4 members (excludes halogenated alkanes) is 52. The van der Waals surface area contributed by atoms with E-state index in [1.54, 1.807) is 0 Å². The van der Waals surface area contributed by atoms with Crippen molar-refractivity contribution in [3.05, 3.63) is 72.9 Å². The Balaban J connectivity index is 3.89. The minimum atomic E-state index is -4.39. The summed E-state index contributed by atoms with van der Waals surface area (Å²) in [7, 11) is 1.50. The van der Waals surface area contributed by atoms with Crippen molar-refractivity contribution in [3.8, 4) is 0 Å². The second kappa shape index (κ2) is 76.6. The van der Waals surface area contributed by atoms with Gasteiger partial charge in [0.05, 0.1) is 27.7 Å². The fourth-order valence-corrected chi connectivity index (χ4v) is 13.2. The molecule has 0 fully saturated rings. The smallest absolute Gasteiger partial charge is 0.462 e. The zero-order chi connectivity index (χ0) is 69.7. The van der Waals surface area contributed by atoms with Gasteiger partial charge in [-0.15, -0.1) is 0 Å². The number of esters is 2. The maximum Gasteiger partial charge on any atom is 0.472 e. The van der Waals surface area contributed by atoms with Crippen LogP contribution in [0.2, 0.25) is 0 Å². The minimum Gasteiger partial charge on any atom is -0.462 e. The molecule has 96 heavy (non-hydrogen) atoms. The molecule has 0 heterocycles. The summed E-state index contributed by atoms with van der Waals surface area (Å²) in [5, 5.41) is 0. The van der Waals surface area contributed by atoms with Gasteiger partial charge in [-0.2, -0.15) is 0 Å². The summed E-state index contributed by atoms with van der Waals surface area (Å²) < 4.78 is 34.9. The molecule has 0 bridgehead atoms. The van der Waals surface area contributed by atoms with Gasteiger partial charge in [0, 0.05) is 12.8 Å². The highest BCUT2D eigenvalue weighted by Gasteiger charge is 2.27. The number of ether oxygens (including phenoxy) is 2. The third-order valence-corrected chi connectivity index (χ3v) is 19.7. The van der Waals surface area contributed by atoms with E-state index < -0.39 is 26.5 Å². The van der Waals surface area contributed by atoms with Crippen LogP contribution in [0.1, 0.15) is 412 Å². The number of hydrogen-bond acceptors (Lipinski definition) is 7. The van der Waals surface area contributed by atoms with Crippen molar-refractivity contribution in [2.75, 3.05) is 47.5 Å². The molecule has 0 aromatic carbocycles.